The van der Waals surface area contributed by atoms with Crippen LogP contribution in [-0.4, -0.2) is 36.9 Å². The van der Waals surface area contributed by atoms with Crippen molar-refractivity contribution in [3.8, 4) is 0 Å². The third-order valence-corrected chi connectivity index (χ3v) is 3.19. The smallest absolute Gasteiger partial charge is 0.320 e. The fourth-order valence-electron chi connectivity index (χ4n) is 1.89. The molecule has 4 heteroatoms. The number of nitrogens with one attached hydrogen (secondary N) is 1. The van der Waals surface area contributed by atoms with Crippen molar-refractivity contribution in [1.29, 1.82) is 0 Å². The minimum Gasteiger partial charge on any atom is -0.480 e. The minimum atomic E-state index is -0.788. The lowest BCUT2D eigenvalue weighted by molar-refractivity contribution is -0.140. The summed E-state index contributed by atoms with van der Waals surface area (Å²) in [6.07, 6.45) is 5.75. The molecule has 0 saturated heterocycles. The highest BCUT2D eigenvalue weighted by Crippen LogP contribution is 2.29. The Balaban J connectivity index is 1.96. The molecule has 1 atom stereocenters. The lowest BCUT2D eigenvalue weighted by atomic mass is 9.83. The number of aliphatic carboxylic acids is 1. The topological polar surface area (TPSA) is 58.6 Å². The van der Waals surface area contributed by atoms with Gasteiger partial charge in [-0.3, -0.25) is 4.79 Å². The predicted octanol–water partition coefficient (Wildman–Crippen LogP) is 1.65. The molecule has 1 aliphatic rings. The zero-order valence-corrected chi connectivity index (χ0v) is 10.1. The van der Waals surface area contributed by atoms with Crippen LogP contribution in [0.15, 0.2) is 0 Å². The molecule has 1 fully saturated rings. The fourth-order valence-corrected chi connectivity index (χ4v) is 1.89. The number of carboxylic acid groups (broad SMARTS) is 1. The maximum absolute atomic E-state index is 10.8. The summed E-state index contributed by atoms with van der Waals surface area (Å²) in [7, 11) is 0. The summed E-state index contributed by atoms with van der Waals surface area (Å²) in [4.78, 5) is 10.8. The van der Waals surface area contributed by atoms with Crippen molar-refractivity contribution in [1.82, 2.24) is 5.32 Å². The lowest BCUT2D eigenvalue weighted by Gasteiger charge is -2.25. The van der Waals surface area contributed by atoms with Gasteiger partial charge in [-0.1, -0.05) is 26.2 Å². The number of ether oxygens (including phenoxy) is 1. The molecule has 0 aliphatic heterocycles. The maximum atomic E-state index is 10.8. The SMILES string of the molecule is CCNC(CCOCCC1CCC1)C(=O)O. The number of hydrogen-bond acceptors (Lipinski definition) is 3. The summed E-state index contributed by atoms with van der Waals surface area (Å²) in [5.74, 6) is 0.0773. The van der Waals surface area contributed by atoms with Crippen molar-refractivity contribution in [3.05, 3.63) is 0 Å². The largest absolute Gasteiger partial charge is 0.480 e. The molecule has 0 aromatic heterocycles. The Hall–Kier alpha value is -0.610. The molecule has 0 aromatic carbocycles. The van der Waals surface area contributed by atoms with Crippen molar-refractivity contribution >= 4 is 5.97 Å². The van der Waals surface area contributed by atoms with Crippen molar-refractivity contribution in [2.24, 2.45) is 5.92 Å². The molecule has 0 spiro atoms. The molecule has 16 heavy (non-hydrogen) atoms. The van der Waals surface area contributed by atoms with E-state index in [9.17, 15) is 4.79 Å². The van der Waals surface area contributed by atoms with Crippen molar-refractivity contribution in [3.63, 3.8) is 0 Å². The molecule has 1 saturated carbocycles. The highest BCUT2D eigenvalue weighted by molar-refractivity contribution is 5.73. The number of hydrogen-bond donors (Lipinski definition) is 2. The van der Waals surface area contributed by atoms with E-state index in [4.69, 9.17) is 9.84 Å². The molecule has 0 radical (unpaired) electrons. The highest BCUT2D eigenvalue weighted by Gasteiger charge is 2.17. The van der Waals surface area contributed by atoms with Gasteiger partial charge in [-0.25, -0.2) is 0 Å². The second-order valence-corrected chi connectivity index (χ2v) is 4.44. The number of carbonyl (C=O) groups is 1. The first-order valence-electron chi connectivity index (χ1n) is 6.28. The van der Waals surface area contributed by atoms with Gasteiger partial charge in [-0.15, -0.1) is 0 Å². The van der Waals surface area contributed by atoms with Gasteiger partial charge in [0, 0.05) is 13.2 Å². The molecular formula is C12H23NO3. The van der Waals surface area contributed by atoms with Gasteiger partial charge in [0.1, 0.15) is 6.04 Å². The van der Waals surface area contributed by atoms with Gasteiger partial charge in [0.15, 0.2) is 0 Å². The van der Waals surface area contributed by atoms with Crippen LogP contribution >= 0.6 is 0 Å². The first-order valence-corrected chi connectivity index (χ1v) is 6.28. The normalized spacial score (nSPS) is 18.1. The van der Waals surface area contributed by atoms with Crippen LogP contribution in [0.2, 0.25) is 0 Å². The summed E-state index contributed by atoms with van der Waals surface area (Å²) >= 11 is 0. The van der Waals surface area contributed by atoms with Gasteiger partial charge in [-0.2, -0.15) is 0 Å². The van der Waals surface area contributed by atoms with Gasteiger partial charge in [0.2, 0.25) is 0 Å². The Labute approximate surface area is 97.4 Å². The van der Waals surface area contributed by atoms with Crippen molar-refractivity contribution < 1.29 is 14.6 Å². The van der Waals surface area contributed by atoms with E-state index in [1.165, 1.54) is 19.3 Å². The Morgan fingerprint density at radius 1 is 1.50 bits per heavy atom. The van der Waals surface area contributed by atoms with Crippen LogP contribution in [0.25, 0.3) is 0 Å². The monoisotopic (exact) mass is 229 g/mol. The van der Waals surface area contributed by atoms with Crippen LogP contribution in [-0.2, 0) is 9.53 Å². The standard InChI is InChI=1S/C12H23NO3/c1-2-13-11(12(14)15)7-9-16-8-6-10-4-3-5-10/h10-11,13H,2-9H2,1H3,(H,14,15). The van der Waals surface area contributed by atoms with E-state index in [2.05, 4.69) is 5.32 Å². The lowest BCUT2D eigenvalue weighted by Crippen LogP contribution is -2.37. The van der Waals surface area contributed by atoms with Gasteiger partial charge >= 0.3 is 5.97 Å². The van der Waals surface area contributed by atoms with E-state index in [-0.39, 0.29) is 0 Å². The molecule has 1 rings (SSSR count). The first-order chi connectivity index (χ1) is 7.74. The van der Waals surface area contributed by atoms with Crippen LogP contribution in [0.3, 0.4) is 0 Å². The van der Waals surface area contributed by atoms with E-state index >= 15 is 0 Å². The number of carboxylic acids is 1. The van der Waals surface area contributed by atoms with Gasteiger partial charge in [0.25, 0.3) is 0 Å². The summed E-state index contributed by atoms with van der Waals surface area (Å²) in [5, 5.41) is 11.8. The quantitative estimate of drug-likeness (QED) is 0.590. The molecule has 0 aromatic rings. The summed E-state index contributed by atoms with van der Waals surface area (Å²) in [6, 6.07) is -0.464. The Morgan fingerprint density at radius 2 is 2.25 bits per heavy atom. The van der Waals surface area contributed by atoms with E-state index in [0.717, 1.165) is 18.9 Å². The minimum absolute atomic E-state index is 0.464. The second-order valence-electron chi connectivity index (χ2n) is 4.44. The molecule has 1 unspecified atom stereocenters. The fraction of sp³-hybridized carbons (Fsp3) is 0.917. The predicted molar refractivity (Wildman–Crippen MR) is 62.5 cm³/mol. The zero-order chi connectivity index (χ0) is 11.8. The van der Waals surface area contributed by atoms with Crippen molar-refractivity contribution in [2.75, 3.05) is 19.8 Å². The Bertz CT molecular complexity index is 204. The average molecular weight is 229 g/mol. The van der Waals surface area contributed by atoms with E-state index < -0.39 is 12.0 Å². The summed E-state index contributed by atoms with van der Waals surface area (Å²) < 4.78 is 5.46. The Kier molecular flexibility index (Phi) is 6.42. The summed E-state index contributed by atoms with van der Waals surface area (Å²) in [5.41, 5.74) is 0. The molecule has 94 valence electrons. The average Bonchev–Trinajstić information content (AvgIpc) is 2.18. The number of rotatable bonds is 9. The Morgan fingerprint density at radius 3 is 2.75 bits per heavy atom. The second kappa shape index (κ2) is 7.63. The molecule has 1 aliphatic carbocycles. The van der Waals surface area contributed by atoms with Crippen LogP contribution < -0.4 is 5.32 Å². The zero-order valence-electron chi connectivity index (χ0n) is 10.1. The van der Waals surface area contributed by atoms with E-state index in [1.807, 2.05) is 6.92 Å². The van der Waals surface area contributed by atoms with Gasteiger partial charge < -0.3 is 15.2 Å². The molecule has 4 nitrogen and oxygen atoms in total. The van der Waals surface area contributed by atoms with Crippen LogP contribution in [0.4, 0.5) is 0 Å². The third-order valence-electron chi connectivity index (χ3n) is 3.19. The van der Waals surface area contributed by atoms with E-state index in [0.29, 0.717) is 19.6 Å². The highest BCUT2D eigenvalue weighted by atomic mass is 16.5. The number of likely N-dealkylation sites (N-methyl/N-ethyl adjacent to an activating group) is 1. The van der Waals surface area contributed by atoms with Crippen LogP contribution in [0.5, 0.6) is 0 Å². The first kappa shape index (κ1) is 13.5. The molecular weight excluding hydrogens is 206 g/mol. The van der Waals surface area contributed by atoms with Crippen LogP contribution in [0.1, 0.15) is 39.0 Å². The van der Waals surface area contributed by atoms with Crippen LogP contribution in [0, 0.1) is 5.92 Å². The van der Waals surface area contributed by atoms with Gasteiger partial charge in [-0.05, 0) is 25.3 Å². The van der Waals surface area contributed by atoms with E-state index in [1.54, 1.807) is 0 Å². The molecule has 2 N–H and O–H groups in total. The van der Waals surface area contributed by atoms with Gasteiger partial charge in [0.05, 0.1) is 0 Å². The summed E-state index contributed by atoms with van der Waals surface area (Å²) in [6.45, 7) is 3.91. The third kappa shape index (κ3) is 4.94. The molecule has 0 bridgehead atoms. The maximum Gasteiger partial charge on any atom is 0.320 e. The van der Waals surface area contributed by atoms with Crippen molar-refractivity contribution in [2.45, 2.75) is 45.1 Å². The molecule has 0 heterocycles. The molecule has 0 amide bonds.